The van der Waals surface area contributed by atoms with Gasteiger partial charge in [-0.3, -0.25) is 14.4 Å². The molecule has 0 aliphatic heterocycles. The summed E-state index contributed by atoms with van der Waals surface area (Å²) in [6, 6.07) is 11.4. The quantitative estimate of drug-likeness (QED) is 0.590. The lowest BCUT2D eigenvalue weighted by atomic mass is 10.1. The molecule has 7 nitrogen and oxygen atoms in total. The fourth-order valence-electron chi connectivity index (χ4n) is 3.34. The van der Waals surface area contributed by atoms with Gasteiger partial charge in [-0.15, -0.1) is 0 Å². The van der Waals surface area contributed by atoms with Gasteiger partial charge in [0.2, 0.25) is 5.91 Å². The van der Waals surface area contributed by atoms with E-state index in [-0.39, 0.29) is 23.5 Å². The third-order valence-corrected chi connectivity index (χ3v) is 5.39. The fraction of sp³-hybridized carbons (Fsp3) is 0.435. The van der Waals surface area contributed by atoms with Crippen LogP contribution in [-0.2, 0) is 11.3 Å². The van der Waals surface area contributed by atoms with Gasteiger partial charge in [0.25, 0.3) is 11.8 Å². The van der Waals surface area contributed by atoms with Crippen LogP contribution in [0.1, 0.15) is 65.0 Å². The maximum Gasteiger partial charge on any atom is 0.286 e. The molecule has 0 atom stereocenters. The third kappa shape index (κ3) is 5.49. The van der Waals surface area contributed by atoms with Crippen molar-refractivity contribution in [2.75, 3.05) is 6.54 Å². The lowest BCUT2D eigenvalue weighted by Gasteiger charge is -2.23. The summed E-state index contributed by atoms with van der Waals surface area (Å²) in [5, 5.41) is 5.75. The van der Waals surface area contributed by atoms with Gasteiger partial charge < -0.3 is 20.0 Å². The fourth-order valence-corrected chi connectivity index (χ4v) is 3.34. The predicted molar refractivity (Wildman–Crippen MR) is 111 cm³/mol. The number of carbonyl (C=O) groups excluding carboxylic acids is 3. The molecule has 0 unspecified atom stereocenters. The van der Waals surface area contributed by atoms with Gasteiger partial charge in [-0.1, -0.05) is 12.1 Å². The van der Waals surface area contributed by atoms with E-state index in [9.17, 15) is 14.4 Å². The summed E-state index contributed by atoms with van der Waals surface area (Å²) in [5.41, 5.74) is 1.67. The van der Waals surface area contributed by atoms with Crippen molar-refractivity contribution in [3.63, 3.8) is 0 Å². The van der Waals surface area contributed by atoms with Crippen LogP contribution in [0.2, 0.25) is 0 Å². The van der Waals surface area contributed by atoms with Crippen molar-refractivity contribution in [2.45, 2.75) is 57.2 Å². The average Bonchev–Trinajstić information content (AvgIpc) is 3.69. The molecule has 3 amide bonds. The highest BCUT2D eigenvalue weighted by Gasteiger charge is 2.32. The molecule has 158 valence electrons. The molecule has 2 saturated carbocycles. The molecule has 4 rings (SSSR count). The molecule has 0 saturated heterocycles. The second-order valence-corrected chi connectivity index (χ2v) is 8.03. The van der Waals surface area contributed by atoms with Crippen LogP contribution in [0.5, 0.6) is 0 Å². The molecule has 0 bridgehead atoms. The molecule has 2 aromatic rings. The molecule has 2 fully saturated rings. The van der Waals surface area contributed by atoms with Crippen LogP contribution in [-0.4, -0.2) is 41.2 Å². The largest absolute Gasteiger partial charge is 0.459 e. The van der Waals surface area contributed by atoms with E-state index >= 15 is 0 Å². The average molecular weight is 409 g/mol. The number of hydrogen-bond acceptors (Lipinski definition) is 4. The van der Waals surface area contributed by atoms with E-state index in [1.165, 1.54) is 6.26 Å². The first kappa shape index (κ1) is 20.2. The first-order valence-corrected chi connectivity index (χ1v) is 10.6. The smallest absolute Gasteiger partial charge is 0.286 e. The molecular formula is C23H27N3O4. The molecule has 0 spiro atoms. The molecule has 2 N–H and O–H groups in total. The number of furan rings is 1. The Balaban J connectivity index is 1.24. The highest BCUT2D eigenvalue weighted by Crippen LogP contribution is 2.29. The third-order valence-electron chi connectivity index (χ3n) is 5.39. The van der Waals surface area contributed by atoms with Gasteiger partial charge in [-0.2, -0.15) is 0 Å². The van der Waals surface area contributed by atoms with Crippen LogP contribution < -0.4 is 10.6 Å². The number of amides is 3. The summed E-state index contributed by atoms with van der Waals surface area (Å²) >= 11 is 0. The maximum atomic E-state index is 12.7. The number of carbonyl (C=O) groups is 3. The van der Waals surface area contributed by atoms with Crippen molar-refractivity contribution in [2.24, 2.45) is 0 Å². The molecule has 1 aromatic heterocycles. The van der Waals surface area contributed by atoms with Crippen LogP contribution in [0, 0.1) is 0 Å². The van der Waals surface area contributed by atoms with Gasteiger partial charge in [-0.05, 0) is 61.9 Å². The minimum Gasteiger partial charge on any atom is -0.459 e. The maximum absolute atomic E-state index is 12.7. The van der Waals surface area contributed by atoms with E-state index in [1.807, 2.05) is 29.2 Å². The number of nitrogens with zero attached hydrogens (tertiary/aromatic N) is 1. The minimum absolute atomic E-state index is 0.0317. The molecule has 1 aromatic carbocycles. The Morgan fingerprint density at radius 2 is 1.77 bits per heavy atom. The molecule has 0 radical (unpaired) electrons. The summed E-state index contributed by atoms with van der Waals surface area (Å²) in [4.78, 5) is 38.6. The Bertz CT molecular complexity index is 884. The van der Waals surface area contributed by atoms with E-state index in [1.54, 1.807) is 12.1 Å². The second kappa shape index (κ2) is 9.15. The van der Waals surface area contributed by atoms with Crippen molar-refractivity contribution in [1.82, 2.24) is 15.5 Å². The molecular weight excluding hydrogens is 382 g/mol. The van der Waals surface area contributed by atoms with Gasteiger partial charge in [0.1, 0.15) is 0 Å². The second-order valence-electron chi connectivity index (χ2n) is 8.03. The minimum atomic E-state index is -0.266. The van der Waals surface area contributed by atoms with Crippen molar-refractivity contribution in [1.29, 1.82) is 0 Å². The summed E-state index contributed by atoms with van der Waals surface area (Å²) in [6.45, 7) is 0.974. The van der Waals surface area contributed by atoms with Gasteiger partial charge in [0.15, 0.2) is 5.76 Å². The first-order valence-electron chi connectivity index (χ1n) is 10.6. The predicted octanol–water partition coefficient (Wildman–Crippen LogP) is 2.87. The van der Waals surface area contributed by atoms with E-state index in [0.29, 0.717) is 43.6 Å². The molecule has 2 aliphatic rings. The number of nitrogens with one attached hydrogen (secondary N) is 2. The van der Waals surface area contributed by atoms with E-state index in [2.05, 4.69) is 10.6 Å². The summed E-state index contributed by atoms with van der Waals surface area (Å²) in [7, 11) is 0. The Hall–Kier alpha value is -3.09. The summed E-state index contributed by atoms with van der Waals surface area (Å²) in [5.74, 6) is 0.0728. The zero-order valence-corrected chi connectivity index (χ0v) is 16.9. The Labute approximate surface area is 175 Å². The zero-order valence-electron chi connectivity index (χ0n) is 16.9. The highest BCUT2D eigenvalue weighted by molar-refractivity contribution is 5.94. The standard InChI is InChI=1S/C23H27N3O4/c27-21(4-1-13-24-23(29)20-3-2-14-30-20)26(19-11-12-19)15-16-5-7-17(8-6-16)22(28)25-18-9-10-18/h2-3,5-8,14,18-19H,1,4,9-13,15H2,(H,24,29)(H,25,28). The molecule has 30 heavy (non-hydrogen) atoms. The Kier molecular flexibility index (Phi) is 6.16. The number of rotatable bonds is 10. The van der Waals surface area contributed by atoms with E-state index in [4.69, 9.17) is 4.42 Å². The number of benzene rings is 1. The van der Waals surface area contributed by atoms with E-state index in [0.717, 1.165) is 31.2 Å². The van der Waals surface area contributed by atoms with Crippen molar-refractivity contribution in [3.05, 3.63) is 59.5 Å². The van der Waals surface area contributed by atoms with Crippen LogP contribution in [0.15, 0.2) is 47.1 Å². The van der Waals surface area contributed by atoms with Crippen LogP contribution in [0.3, 0.4) is 0 Å². The Morgan fingerprint density at radius 1 is 1.00 bits per heavy atom. The van der Waals surface area contributed by atoms with Crippen molar-refractivity contribution in [3.8, 4) is 0 Å². The molecule has 1 heterocycles. The summed E-state index contributed by atoms with van der Waals surface area (Å²) in [6.07, 6.45) is 6.61. The SMILES string of the molecule is O=C(NC1CC1)c1ccc(CN(C(=O)CCCNC(=O)c2ccco2)C2CC2)cc1. The monoisotopic (exact) mass is 409 g/mol. The van der Waals surface area contributed by atoms with Crippen molar-refractivity contribution < 1.29 is 18.8 Å². The van der Waals surface area contributed by atoms with Gasteiger partial charge in [-0.25, -0.2) is 0 Å². The van der Waals surface area contributed by atoms with Crippen LogP contribution >= 0.6 is 0 Å². The van der Waals surface area contributed by atoms with Gasteiger partial charge in [0, 0.05) is 37.2 Å². The highest BCUT2D eigenvalue weighted by atomic mass is 16.3. The van der Waals surface area contributed by atoms with Gasteiger partial charge >= 0.3 is 0 Å². The van der Waals surface area contributed by atoms with E-state index < -0.39 is 0 Å². The molecule has 7 heteroatoms. The lowest BCUT2D eigenvalue weighted by molar-refractivity contribution is -0.132. The zero-order chi connectivity index (χ0) is 20.9. The van der Waals surface area contributed by atoms with Crippen LogP contribution in [0.25, 0.3) is 0 Å². The first-order chi connectivity index (χ1) is 14.6. The van der Waals surface area contributed by atoms with Crippen LogP contribution in [0.4, 0.5) is 0 Å². The lowest BCUT2D eigenvalue weighted by Crippen LogP contribution is -2.33. The Morgan fingerprint density at radius 3 is 2.40 bits per heavy atom. The van der Waals surface area contributed by atoms with Gasteiger partial charge in [0.05, 0.1) is 6.26 Å². The number of hydrogen-bond donors (Lipinski definition) is 2. The molecule has 2 aliphatic carbocycles. The topological polar surface area (TPSA) is 91.7 Å². The van der Waals surface area contributed by atoms with Crippen molar-refractivity contribution >= 4 is 17.7 Å². The summed E-state index contributed by atoms with van der Waals surface area (Å²) < 4.78 is 5.05. The normalized spacial score (nSPS) is 15.5.